The van der Waals surface area contributed by atoms with Crippen molar-refractivity contribution in [2.24, 2.45) is 5.92 Å². The van der Waals surface area contributed by atoms with Crippen molar-refractivity contribution in [1.29, 1.82) is 5.26 Å². The molecule has 17 heavy (non-hydrogen) atoms. The molecule has 0 aliphatic carbocycles. The molecule has 1 aliphatic heterocycles. The highest BCUT2D eigenvalue weighted by molar-refractivity contribution is 4.83. The van der Waals surface area contributed by atoms with Crippen molar-refractivity contribution in [3.05, 3.63) is 12.4 Å². The van der Waals surface area contributed by atoms with Gasteiger partial charge in [0.1, 0.15) is 0 Å². The first-order chi connectivity index (χ1) is 8.29. The van der Waals surface area contributed by atoms with Crippen LogP contribution in [0, 0.1) is 17.2 Å². The molecule has 5 nitrogen and oxygen atoms in total. The summed E-state index contributed by atoms with van der Waals surface area (Å²) in [5, 5.41) is 16.6. The smallest absolute Gasteiger partial charge is 0.0692 e. The summed E-state index contributed by atoms with van der Waals surface area (Å²) in [5.41, 5.74) is 0. The van der Waals surface area contributed by atoms with Gasteiger partial charge in [-0.25, -0.2) is 0 Å². The molecule has 1 aromatic heterocycles. The molecule has 0 bridgehead atoms. The van der Waals surface area contributed by atoms with Gasteiger partial charge in [0.2, 0.25) is 0 Å². The fourth-order valence-corrected chi connectivity index (χ4v) is 2.50. The van der Waals surface area contributed by atoms with Crippen molar-refractivity contribution in [2.75, 3.05) is 13.1 Å². The molecular weight excluding hydrogens is 214 g/mol. The summed E-state index contributed by atoms with van der Waals surface area (Å²) < 4.78 is 1.91. The molecule has 2 heterocycles. The molecule has 0 amide bonds. The Kier molecular flexibility index (Phi) is 4.10. The number of nitrogens with zero attached hydrogens (tertiary/aromatic N) is 5. The second-order valence-electron chi connectivity index (χ2n) is 4.84. The van der Waals surface area contributed by atoms with Crippen molar-refractivity contribution in [1.82, 2.24) is 19.9 Å². The van der Waals surface area contributed by atoms with E-state index in [2.05, 4.69) is 28.2 Å². The molecule has 1 aliphatic rings. The van der Waals surface area contributed by atoms with Gasteiger partial charge < -0.3 is 0 Å². The van der Waals surface area contributed by atoms with Crippen molar-refractivity contribution in [2.45, 2.75) is 38.8 Å². The lowest BCUT2D eigenvalue weighted by molar-refractivity contribution is 0.122. The average Bonchev–Trinajstić information content (AvgIpc) is 2.82. The second kappa shape index (κ2) is 5.78. The van der Waals surface area contributed by atoms with E-state index >= 15 is 0 Å². The molecule has 1 saturated heterocycles. The van der Waals surface area contributed by atoms with Crippen molar-refractivity contribution >= 4 is 0 Å². The van der Waals surface area contributed by atoms with E-state index in [1.807, 2.05) is 10.9 Å². The number of likely N-dealkylation sites (tertiary alicyclic amines) is 1. The van der Waals surface area contributed by atoms with Crippen LogP contribution in [0.3, 0.4) is 0 Å². The predicted octanol–water partition coefficient (Wildman–Crippen LogP) is 1.29. The van der Waals surface area contributed by atoms with E-state index in [1.165, 1.54) is 12.8 Å². The van der Waals surface area contributed by atoms with Crippen LogP contribution in [0.15, 0.2) is 12.4 Å². The number of piperidine rings is 1. The molecule has 0 N–H and O–H groups in total. The molecule has 5 heteroatoms. The Balaban J connectivity index is 1.86. The average molecular weight is 233 g/mol. The maximum Gasteiger partial charge on any atom is 0.0692 e. The number of aromatic nitrogens is 3. The van der Waals surface area contributed by atoms with Crippen LogP contribution in [0.25, 0.3) is 0 Å². The number of rotatable bonds is 4. The van der Waals surface area contributed by atoms with E-state index in [0.29, 0.717) is 18.4 Å². The minimum Gasteiger partial charge on any atom is -0.299 e. The Morgan fingerprint density at radius 3 is 3.18 bits per heavy atom. The van der Waals surface area contributed by atoms with Crippen LogP contribution in [0.2, 0.25) is 0 Å². The lowest BCUT2D eigenvalue weighted by Crippen LogP contribution is -2.42. The molecule has 1 fully saturated rings. The number of nitriles is 1. The van der Waals surface area contributed by atoms with Gasteiger partial charge in [-0.15, -0.1) is 5.10 Å². The van der Waals surface area contributed by atoms with E-state index in [1.54, 1.807) is 6.20 Å². The van der Waals surface area contributed by atoms with Crippen LogP contribution < -0.4 is 0 Å². The molecule has 2 atom stereocenters. The number of hydrogen-bond donors (Lipinski definition) is 0. The lowest BCUT2D eigenvalue weighted by atomic mass is 9.96. The fraction of sp³-hybridized carbons (Fsp3) is 0.750. The van der Waals surface area contributed by atoms with Crippen molar-refractivity contribution < 1.29 is 0 Å². The molecular formula is C12H19N5. The van der Waals surface area contributed by atoms with Crippen molar-refractivity contribution in [3.63, 3.8) is 0 Å². The zero-order valence-electron chi connectivity index (χ0n) is 10.3. The Morgan fingerprint density at radius 1 is 1.59 bits per heavy atom. The molecule has 0 radical (unpaired) electrons. The van der Waals surface area contributed by atoms with Crippen LogP contribution in [0.4, 0.5) is 0 Å². The summed E-state index contributed by atoms with van der Waals surface area (Å²) in [5.74, 6) is 0.631. The second-order valence-corrected chi connectivity index (χ2v) is 4.84. The third-order valence-corrected chi connectivity index (χ3v) is 3.48. The molecule has 0 unspecified atom stereocenters. The van der Waals surface area contributed by atoms with Gasteiger partial charge >= 0.3 is 0 Å². The minimum absolute atomic E-state index is 0.374. The van der Waals surface area contributed by atoms with Crippen LogP contribution in [-0.2, 0) is 6.54 Å². The van der Waals surface area contributed by atoms with Gasteiger partial charge in [-0.3, -0.25) is 9.58 Å². The van der Waals surface area contributed by atoms with Gasteiger partial charge in [-0.2, -0.15) is 5.26 Å². The molecule has 2 rings (SSSR count). The van der Waals surface area contributed by atoms with E-state index in [9.17, 15) is 0 Å². The SMILES string of the molecule is C[C@H](CC#N)N1CCC[C@H](Cn2ccnn2)C1. The number of hydrogen-bond acceptors (Lipinski definition) is 4. The Hall–Kier alpha value is -1.41. The summed E-state index contributed by atoms with van der Waals surface area (Å²) >= 11 is 0. The first-order valence-corrected chi connectivity index (χ1v) is 6.24. The normalized spacial score (nSPS) is 23.2. The summed E-state index contributed by atoms with van der Waals surface area (Å²) in [6, 6.07) is 2.63. The van der Waals surface area contributed by atoms with Gasteiger partial charge in [0.05, 0.1) is 18.7 Å². The van der Waals surface area contributed by atoms with E-state index in [4.69, 9.17) is 5.26 Å². The third kappa shape index (κ3) is 3.27. The standard InChI is InChI=1S/C12H19N5/c1-11(4-5-13)16-7-2-3-12(9-16)10-17-8-6-14-15-17/h6,8,11-12H,2-4,7,9-10H2,1H3/t11-,12+/m1/s1. The molecule has 0 spiro atoms. The van der Waals surface area contributed by atoms with Crippen LogP contribution in [0.1, 0.15) is 26.2 Å². The summed E-state index contributed by atoms with van der Waals surface area (Å²) in [4.78, 5) is 2.42. The Morgan fingerprint density at radius 2 is 2.47 bits per heavy atom. The Bertz CT molecular complexity index is 367. The van der Waals surface area contributed by atoms with Crippen molar-refractivity contribution in [3.8, 4) is 6.07 Å². The fourth-order valence-electron chi connectivity index (χ4n) is 2.50. The highest BCUT2D eigenvalue weighted by Gasteiger charge is 2.23. The molecule has 1 aromatic rings. The third-order valence-electron chi connectivity index (χ3n) is 3.48. The summed E-state index contributed by atoms with van der Waals surface area (Å²) in [6.07, 6.45) is 6.72. The zero-order valence-corrected chi connectivity index (χ0v) is 10.3. The first-order valence-electron chi connectivity index (χ1n) is 6.24. The maximum atomic E-state index is 8.74. The highest BCUT2D eigenvalue weighted by Crippen LogP contribution is 2.20. The van der Waals surface area contributed by atoms with E-state index in [0.717, 1.165) is 19.6 Å². The topological polar surface area (TPSA) is 57.7 Å². The zero-order chi connectivity index (χ0) is 12.1. The molecule has 92 valence electrons. The Labute approximate surface area is 102 Å². The van der Waals surface area contributed by atoms with Gasteiger partial charge in [0, 0.05) is 25.3 Å². The molecule has 0 aromatic carbocycles. The van der Waals surface area contributed by atoms with E-state index in [-0.39, 0.29) is 0 Å². The summed E-state index contributed by atoms with van der Waals surface area (Å²) in [6.45, 7) is 5.27. The highest BCUT2D eigenvalue weighted by atomic mass is 15.4. The van der Waals surface area contributed by atoms with Gasteiger partial charge in [0.25, 0.3) is 0 Å². The van der Waals surface area contributed by atoms with Gasteiger partial charge in [-0.05, 0) is 32.2 Å². The van der Waals surface area contributed by atoms with Crippen LogP contribution in [0.5, 0.6) is 0 Å². The minimum atomic E-state index is 0.374. The van der Waals surface area contributed by atoms with Gasteiger partial charge in [0.15, 0.2) is 0 Å². The lowest BCUT2D eigenvalue weighted by Gasteiger charge is -2.35. The maximum absolute atomic E-state index is 8.74. The predicted molar refractivity (Wildman–Crippen MR) is 64.0 cm³/mol. The first kappa shape index (κ1) is 12.1. The van der Waals surface area contributed by atoms with Gasteiger partial charge in [-0.1, -0.05) is 5.21 Å². The van der Waals surface area contributed by atoms with E-state index < -0.39 is 0 Å². The quantitative estimate of drug-likeness (QED) is 0.786. The van der Waals surface area contributed by atoms with Crippen LogP contribution in [-0.4, -0.2) is 39.0 Å². The van der Waals surface area contributed by atoms with Crippen LogP contribution >= 0.6 is 0 Å². The summed E-state index contributed by atoms with van der Waals surface area (Å²) in [7, 11) is 0. The monoisotopic (exact) mass is 233 g/mol. The molecule has 0 saturated carbocycles. The largest absolute Gasteiger partial charge is 0.299 e.